The fourth-order valence-electron chi connectivity index (χ4n) is 1.62. The molecule has 0 aliphatic heterocycles. The predicted octanol–water partition coefficient (Wildman–Crippen LogP) is 3.58. The van der Waals surface area contributed by atoms with E-state index >= 15 is 0 Å². The van der Waals surface area contributed by atoms with Gasteiger partial charge in [-0.25, -0.2) is 0 Å². The van der Waals surface area contributed by atoms with E-state index in [-0.39, 0.29) is 0 Å². The maximum atomic E-state index is 5.66. The van der Waals surface area contributed by atoms with E-state index in [0.29, 0.717) is 5.92 Å². The van der Waals surface area contributed by atoms with E-state index < -0.39 is 0 Å². The molecule has 17 heavy (non-hydrogen) atoms. The molecule has 0 aliphatic carbocycles. The number of unbranched alkanes of at least 4 members (excludes halogenated alkanes) is 1. The summed E-state index contributed by atoms with van der Waals surface area (Å²) < 4.78 is 5.66. The molecular formula is C15H25NO. The number of hydrogen-bond donors (Lipinski definition) is 1. The molecule has 0 unspecified atom stereocenters. The van der Waals surface area contributed by atoms with Crippen LogP contribution >= 0.6 is 0 Å². The molecule has 0 saturated carbocycles. The second kappa shape index (κ2) is 8.13. The van der Waals surface area contributed by atoms with E-state index in [1.807, 2.05) is 0 Å². The zero-order chi connectivity index (χ0) is 12.5. The lowest BCUT2D eigenvalue weighted by Gasteiger charge is -2.09. The van der Waals surface area contributed by atoms with Crippen LogP contribution in [0, 0.1) is 0 Å². The molecule has 1 rings (SSSR count). The predicted molar refractivity (Wildman–Crippen MR) is 73.8 cm³/mol. The van der Waals surface area contributed by atoms with Crippen LogP contribution in [0.1, 0.15) is 45.1 Å². The van der Waals surface area contributed by atoms with Gasteiger partial charge in [-0.1, -0.05) is 39.3 Å². The molecule has 1 aromatic rings. The molecule has 0 spiro atoms. The smallest absolute Gasteiger partial charge is 0.119 e. The van der Waals surface area contributed by atoms with Crippen LogP contribution in [0.2, 0.25) is 0 Å². The second-order valence-electron chi connectivity index (χ2n) is 4.68. The minimum atomic E-state index is 0.583. The molecule has 1 N–H and O–H groups in total. The average molecular weight is 235 g/mol. The van der Waals surface area contributed by atoms with Gasteiger partial charge in [-0.3, -0.25) is 0 Å². The zero-order valence-electron chi connectivity index (χ0n) is 11.3. The monoisotopic (exact) mass is 235 g/mol. The summed E-state index contributed by atoms with van der Waals surface area (Å²) in [5.74, 6) is 1.55. The molecule has 2 heteroatoms. The molecule has 0 amide bonds. The molecule has 0 aliphatic rings. The van der Waals surface area contributed by atoms with Crippen LogP contribution < -0.4 is 10.1 Å². The summed E-state index contributed by atoms with van der Waals surface area (Å²) in [7, 11) is 0. The summed E-state index contributed by atoms with van der Waals surface area (Å²) in [4.78, 5) is 0. The SMILES string of the molecule is CCCCNCCOc1ccc(C(C)C)cc1. The van der Waals surface area contributed by atoms with Gasteiger partial charge in [0.05, 0.1) is 0 Å². The van der Waals surface area contributed by atoms with Crippen LogP contribution in [0.25, 0.3) is 0 Å². The number of hydrogen-bond acceptors (Lipinski definition) is 2. The first-order valence-electron chi connectivity index (χ1n) is 6.67. The molecule has 1 aromatic carbocycles. The Morgan fingerprint density at radius 1 is 1.12 bits per heavy atom. The van der Waals surface area contributed by atoms with E-state index in [9.17, 15) is 0 Å². The topological polar surface area (TPSA) is 21.3 Å². The third-order valence-electron chi connectivity index (χ3n) is 2.80. The van der Waals surface area contributed by atoms with Crippen LogP contribution in [0.3, 0.4) is 0 Å². The lowest BCUT2D eigenvalue weighted by molar-refractivity contribution is 0.313. The Morgan fingerprint density at radius 2 is 1.82 bits per heavy atom. The first kappa shape index (κ1) is 14.0. The summed E-state index contributed by atoms with van der Waals surface area (Å²) in [5.41, 5.74) is 1.36. The Balaban J connectivity index is 2.19. The van der Waals surface area contributed by atoms with Crippen molar-refractivity contribution in [1.29, 1.82) is 0 Å². The maximum absolute atomic E-state index is 5.66. The summed E-state index contributed by atoms with van der Waals surface area (Å²) in [6, 6.07) is 8.40. The van der Waals surface area contributed by atoms with Gasteiger partial charge in [-0.05, 0) is 36.6 Å². The van der Waals surface area contributed by atoms with E-state index in [1.54, 1.807) is 0 Å². The van der Waals surface area contributed by atoms with Crippen molar-refractivity contribution in [1.82, 2.24) is 5.32 Å². The van der Waals surface area contributed by atoms with Gasteiger partial charge in [0.15, 0.2) is 0 Å². The third-order valence-corrected chi connectivity index (χ3v) is 2.80. The van der Waals surface area contributed by atoms with Crippen molar-refractivity contribution in [2.75, 3.05) is 19.7 Å². The summed E-state index contributed by atoms with van der Waals surface area (Å²) >= 11 is 0. The summed E-state index contributed by atoms with van der Waals surface area (Å²) in [6.07, 6.45) is 2.48. The highest BCUT2D eigenvalue weighted by atomic mass is 16.5. The first-order valence-corrected chi connectivity index (χ1v) is 6.67. The van der Waals surface area contributed by atoms with Crippen LogP contribution in [0.15, 0.2) is 24.3 Å². The van der Waals surface area contributed by atoms with E-state index in [0.717, 1.165) is 25.4 Å². The minimum Gasteiger partial charge on any atom is -0.492 e. The molecular weight excluding hydrogens is 210 g/mol. The van der Waals surface area contributed by atoms with Gasteiger partial charge in [0.25, 0.3) is 0 Å². The highest BCUT2D eigenvalue weighted by Gasteiger charge is 1.99. The average Bonchev–Trinajstić information content (AvgIpc) is 2.34. The van der Waals surface area contributed by atoms with Gasteiger partial charge in [-0.15, -0.1) is 0 Å². The van der Waals surface area contributed by atoms with Crippen molar-refractivity contribution in [3.63, 3.8) is 0 Å². The zero-order valence-corrected chi connectivity index (χ0v) is 11.3. The van der Waals surface area contributed by atoms with E-state index in [2.05, 4.69) is 50.4 Å². The van der Waals surface area contributed by atoms with Crippen LogP contribution in [0.4, 0.5) is 0 Å². The molecule has 0 fully saturated rings. The second-order valence-corrected chi connectivity index (χ2v) is 4.68. The van der Waals surface area contributed by atoms with Gasteiger partial charge in [0.1, 0.15) is 12.4 Å². The minimum absolute atomic E-state index is 0.583. The van der Waals surface area contributed by atoms with Crippen LogP contribution in [-0.2, 0) is 0 Å². The molecule has 96 valence electrons. The number of rotatable bonds is 8. The highest BCUT2D eigenvalue weighted by molar-refractivity contribution is 5.28. The Morgan fingerprint density at radius 3 is 2.41 bits per heavy atom. The van der Waals surface area contributed by atoms with Crippen molar-refractivity contribution in [2.45, 2.75) is 39.5 Å². The van der Waals surface area contributed by atoms with Crippen LogP contribution in [0.5, 0.6) is 5.75 Å². The number of nitrogens with one attached hydrogen (secondary N) is 1. The standard InChI is InChI=1S/C15H25NO/c1-4-5-10-16-11-12-17-15-8-6-14(7-9-15)13(2)3/h6-9,13,16H,4-5,10-12H2,1-3H3. The van der Waals surface area contributed by atoms with Gasteiger partial charge >= 0.3 is 0 Å². The van der Waals surface area contributed by atoms with Crippen molar-refractivity contribution in [3.8, 4) is 5.75 Å². The Labute approximate surface area is 105 Å². The van der Waals surface area contributed by atoms with Crippen molar-refractivity contribution >= 4 is 0 Å². The third kappa shape index (κ3) is 5.73. The number of ether oxygens (including phenoxy) is 1. The molecule has 0 atom stereocenters. The fourth-order valence-corrected chi connectivity index (χ4v) is 1.62. The highest BCUT2D eigenvalue weighted by Crippen LogP contribution is 2.18. The van der Waals surface area contributed by atoms with E-state index in [1.165, 1.54) is 18.4 Å². The molecule has 2 nitrogen and oxygen atoms in total. The van der Waals surface area contributed by atoms with Gasteiger partial charge < -0.3 is 10.1 Å². The fraction of sp³-hybridized carbons (Fsp3) is 0.600. The summed E-state index contributed by atoms with van der Waals surface area (Å²) in [5, 5.41) is 3.36. The molecule has 0 radical (unpaired) electrons. The molecule has 0 heterocycles. The lowest BCUT2D eigenvalue weighted by atomic mass is 10.0. The van der Waals surface area contributed by atoms with Gasteiger partial charge in [0, 0.05) is 6.54 Å². The van der Waals surface area contributed by atoms with Crippen LogP contribution in [-0.4, -0.2) is 19.7 Å². The largest absolute Gasteiger partial charge is 0.492 e. The molecule has 0 aromatic heterocycles. The first-order chi connectivity index (χ1) is 8.24. The maximum Gasteiger partial charge on any atom is 0.119 e. The molecule has 0 bridgehead atoms. The number of benzene rings is 1. The Hall–Kier alpha value is -1.02. The summed E-state index contributed by atoms with van der Waals surface area (Å²) in [6.45, 7) is 9.36. The molecule has 0 saturated heterocycles. The normalized spacial score (nSPS) is 10.8. The van der Waals surface area contributed by atoms with Crippen molar-refractivity contribution in [3.05, 3.63) is 29.8 Å². The van der Waals surface area contributed by atoms with Gasteiger partial charge in [-0.2, -0.15) is 0 Å². The van der Waals surface area contributed by atoms with E-state index in [4.69, 9.17) is 4.74 Å². The van der Waals surface area contributed by atoms with Gasteiger partial charge in [0.2, 0.25) is 0 Å². The lowest BCUT2D eigenvalue weighted by Crippen LogP contribution is -2.21. The quantitative estimate of drug-likeness (QED) is 0.695. The van der Waals surface area contributed by atoms with Crippen molar-refractivity contribution in [2.24, 2.45) is 0 Å². The van der Waals surface area contributed by atoms with Crippen molar-refractivity contribution < 1.29 is 4.74 Å². The Bertz CT molecular complexity index is 292. The Kier molecular flexibility index (Phi) is 6.71.